The largest absolute Gasteiger partial charge is 0.464 e. The van der Waals surface area contributed by atoms with Crippen molar-refractivity contribution in [1.82, 2.24) is 14.5 Å². The summed E-state index contributed by atoms with van der Waals surface area (Å²) in [5.41, 5.74) is 2.11. The highest BCUT2D eigenvalue weighted by Gasteiger charge is 2.44. The van der Waals surface area contributed by atoms with Crippen molar-refractivity contribution < 1.29 is 23.9 Å². The fourth-order valence-electron chi connectivity index (χ4n) is 4.06. The van der Waals surface area contributed by atoms with Crippen LogP contribution in [0.2, 0.25) is 18.1 Å². The Morgan fingerprint density at radius 1 is 1.28 bits per heavy atom. The molecule has 2 atom stereocenters. The van der Waals surface area contributed by atoms with Crippen LogP contribution in [0.25, 0.3) is 11.0 Å². The lowest BCUT2D eigenvalue weighted by Crippen LogP contribution is -2.44. The molecule has 0 radical (unpaired) electrons. The van der Waals surface area contributed by atoms with E-state index in [0.717, 1.165) is 5.56 Å². The number of fused-ring (bicyclic) bond motifs is 1. The molecule has 8 nitrogen and oxygen atoms in total. The van der Waals surface area contributed by atoms with Crippen molar-refractivity contribution >= 4 is 43.3 Å². The molecule has 0 unspecified atom stereocenters. The van der Waals surface area contributed by atoms with Crippen molar-refractivity contribution in [2.45, 2.75) is 69.0 Å². The molecule has 1 aliphatic rings. The third kappa shape index (κ3) is 6.04. The van der Waals surface area contributed by atoms with Gasteiger partial charge < -0.3 is 19.2 Å². The summed E-state index contributed by atoms with van der Waals surface area (Å²) >= 11 is 1.33. The van der Waals surface area contributed by atoms with E-state index in [4.69, 9.17) is 9.16 Å². The SMILES string of the molecule is C=CCOC(=O)N1C[C@H](O[Si](C)(C)C(C)(C)C)C[C@@H]1CSc1nc2c(CC=C)cccc2n1C(=O)O. The van der Waals surface area contributed by atoms with Crippen molar-refractivity contribution in [2.75, 3.05) is 18.9 Å². The van der Waals surface area contributed by atoms with Gasteiger partial charge in [0, 0.05) is 18.3 Å². The number of carbonyl (C=O) groups is 2. The number of rotatable bonds is 9. The Labute approximate surface area is 218 Å². The van der Waals surface area contributed by atoms with Gasteiger partial charge in [-0.25, -0.2) is 19.1 Å². The molecule has 2 aromatic rings. The van der Waals surface area contributed by atoms with Gasteiger partial charge in [-0.15, -0.1) is 6.58 Å². The third-order valence-electron chi connectivity index (χ3n) is 6.90. The molecule has 10 heteroatoms. The summed E-state index contributed by atoms with van der Waals surface area (Å²) in [5, 5.41) is 10.4. The average molecular weight is 532 g/mol. The van der Waals surface area contributed by atoms with E-state index in [1.54, 1.807) is 17.0 Å². The van der Waals surface area contributed by atoms with Gasteiger partial charge in [-0.2, -0.15) is 0 Å². The van der Waals surface area contributed by atoms with E-state index in [9.17, 15) is 14.7 Å². The summed E-state index contributed by atoms with van der Waals surface area (Å²) in [6, 6.07) is 5.32. The van der Waals surface area contributed by atoms with Gasteiger partial charge >= 0.3 is 12.2 Å². The van der Waals surface area contributed by atoms with Crippen LogP contribution >= 0.6 is 11.8 Å². The first kappa shape index (κ1) is 28.0. The van der Waals surface area contributed by atoms with Gasteiger partial charge in [0.2, 0.25) is 0 Å². The highest BCUT2D eigenvalue weighted by atomic mass is 32.2. The number of carboxylic acid groups (broad SMARTS) is 1. The number of aromatic nitrogens is 2. The highest BCUT2D eigenvalue weighted by Crippen LogP contribution is 2.39. The number of nitrogens with zero attached hydrogens (tertiary/aromatic N) is 3. The van der Waals surface area contributed by atoms with Crippen molar-refractivity contribution in [3.05, 3.63) is 49.1 Å². The number of thioether (sulfide) groups is 1. The summed E-state index contributed by atoms with van der Waals surface area (Å²) in [6.07, 6.45) is 2.94. The number of amides is 1. The number of allylic oxidation sites excluding steroid dienone is 1. The Hall–Kier alpha value is -2.56. The monoisotopic (exact) mass is 531 g/mol. The summed E-state index contributed by atoms with van der Waals surface area (Å²) in [7, 11) is -2.04. The number of para-hydroxylation sites is 1. The predicted octanol–water partition coefficient (Wildman–Crippen LogP) is 6.17. The fraction of sp³-hybridized carbons (Fsp3) is 0.500. The number of benzene rings is 1. The average Bonchev–Trinajstić information content (AvgIpc) is 3.36. The smallest absolute Gasteiger partial charge is 0.418 e. The summed E-state index contributed by atoms with van der Waals surface area (Å²) in [6.45, 7) is 18.9. The number of likely N-dealkylation sites (tertiary alicyclic amines) is 1. The van der Waals surface area contributed by atoms with E-state index >= 15 is 0 Å². The summed E-state index contributed by atoms with van der Waals surface area (Å²) in [5.74, 6) is 0.466. The minimum Gasteiger partial charge on any atom is -0.464 e. The molecule has 36 heavy (non-hydrogen) atoms. The molecule has 0 aliphatic carbocycles. The molecule has 0 spiro atoms. The number of ether oxygens (including phenoxy) is 1. The second-order valence-corrected chi connectivity index (χ2v) is 16.3. The minimum atomic E-state index is -2.04. The Kier molecular flexibility index (Phi) is 8.74. The van der Waals surface area contributed by atoms with Crippen LogP contribution in [0, 0.1) is 0 Å². The van der Waals surface area contributed by atoms with Crippen LogP contribution < -0.4 is 0 Å². The van der Waals surface area contributed by atoms with E-state index in [1.165, 1.54) is 22.4 Å². The molecule has 1 aromatic carbocycles. The van der Waals surface area contributed by atoms with E-state index in [-0.39, 0.29) is 23.8 Å². The first-order valence-electron chi connectivity index (χ1n) is 12.1. The molecule has 0 saturated carbocycles. The van der Waals surface area contributed by atoms with E-state index < -0.39 is 20.5 Å². The van der Waals surface area contributed by atoms with Crippen LogP contribution in [-0.2, 0) is 15.6 Å². The zero-order valence-corrected chi connectivity index (χ0v) is 23.6. The summed E-state index contributed by atoms with van der Waals surface area (Å²) in [4.78, 5) is 31.3. The number of imidazole rings is 1. The maximum Gasteiger partial charge on any atom is 0.418 e. The Balaban J connectivity index is 1.85. The number of carbonyl (C=O) groups excluding carboxylic acids is 1. The fourth-order valence-corrected chi connectivity index (χ4v) is 6.53. The maximum absolute atomic E-state index is 12.8. The van der Waals surface area contributed by atoms with Crippen LogP contribution in [0.5, 0.6) is 0 Å². The molecule has 1 fully saturated rings. The first-order chi connectivity index (χ1) is 16.9. The third-order valence-corrected chi connectivity index (χ3v) is 12.5. The number of hydrogen-bond acceptors (Lipinski definition) is 6. The molecule has 1 N–H and O–H groups in total. The van der Waals surface area contributed by atoms with Gasteiger partial charge in [0.15, 0.2) is 13.5 Å². The molecule has 1 aromatic heterocycles. The van der Waals surface area contributed by atoms with Crippen LogP contribution in [-0.4, -0.2) is 71.1 Å². The van der Waals surface area contributed by atoms with Gasteiger partial charge in [-0.3, -0.25) is 0 Å². The Bertz CT molecular complexity index is 1140. The lowest BCUT2D eigenvalue weighted by atomic mass is 10.1. The molecular formula is C26H37N3O5SSi. The molecule has 3 rings (SSSR count). The number of hydrogen-bond donors (Lipinski definition) is 1. The topological polar surface area (TPSA) is 93.9 Å². The second-order valence-electron chi connectivity index (χ2n) is 10.5. The van der Waals surface area contributed by atoms with Gasteiger partial charge in [0.1, 0.15) is 6.61 Å². The zero-order valence-electron chi connectivity index (χ0n) is 21.8. The summed E-state index contributed by atoms with van der Waals surface area (Å²) < 4.78 is 13.2. The lowest BCUT2D eigenvalue weighted by Gasteiger charge is -2.38. The normalized spacial score (nSPS) is 18.4. The van der Waals surface area contributed by atoms with E-state index in [2.05, 4.69) is 52.0 Å². The molecule has 1 amide bonds. The molecule has 2 heterocycles. The Morgan fingerprint density at radius 3 is 2.61 bits per heavy atom. The van der Waals surface area contributed by atoms with Gasteiger partial charge in [0.05, 0.1) is 17.1 Å². The molecule has 196 valence electrons. The second kappa shape index (κ2) is 11.2. The van der Waals surface area contributed by atoms with Crippen molar-refractivity contribution in [2.24, 2.45) is 0 Å². The van der Waals surface area contributed by atoms with Gasteiger partial charge in [-0.05, 0) is 42.6 Å². The van der Waals surface area contributed by atoms with Crippen molar-refractivity contribution in [1.29, 1.82) is 0 Å². The highest BCUT2D eigenvalue weighted by molar-refractivity contribution is 7.99. The van der Waals surface area contributed by atoms with Crippen molar-refractivity contribution in [3.63, 3.8) is 0 Å². The van der Waals surface area contributed by atoms with Crippen LogP contribution in [0.1, 0.15) is 32.8 Å². The van der Waals surface area contributed by atoms with Gasteiger partial charge in [-0.1, -0.05) is 63.4 Å². The van der Waals surface area contributed by atoms with Crippen LogP contribution in [0.4, 0.5) is 9.59 Å². The zero-order chi connectivity index (χ0) is 26.7. The standard InChI is InChI=1S/C26H37N3O5SSi/c1-8-11-18-12-10-13-21-22(18)27-23(29(21)24(30)31)35-17-19-15-20(34-36(6,7)26(3,4)5)16-28(19)25(32)33-14-9-2/h8-10,12-13,19-20H,1-2,11,14-17H2,3-7H3,(H,30,31)/t19-,20-/m1/s1. The molecular weight excluding hydrogens is 494 g/mol. The van der Waals surface area contributed by atoms with E-state index in [1.807, 2.05) is 12.1 Å². The first-order valence-corrected chi connectivity index (χ1v) is 16.0. The van der Waals surface area contributed by atoms with Gasteiger partial charge in [0.25, 0.3) is 0 Å². The predicted molar refractivity (Wildman–Crippen MR) is 147 cm³/mol. The Morgan fingerprint density at radius 2 is 2.00 bits per heavy atom. The molecule has 1 saturated heterocycles. The quantitative estimate of drug-likeness (QED) is 0.235. The molecule has 1 aliphatic heterocycles. The van der Waals surface area contributed by atoms with Crippen molar-refractivity contribution in [3.8, 4) is 0 Å². The minimum absolute atomic E-state index is 0.0451. The van der Waals surface area contributed by atoms with E-state index in [0.29, 0.717) is 41.3 Å². The van der Waals surface area contributed by atoms with Crippen LogP contribution in [0.15, 0.2) is 48.7 Å². The molecule has 0 bridgehead atoms. The van der Waals surface area contributed by atoms with Crippen LogP contribution in [0.3, 0.4) is 0 Å². The maximum atomic E-state index is 12.8. The lowest BCUT2D eigenvalue weighted by molar-refractivity contribution is 0.105.